The standard InChI is InChI=1S/C14H20BrNSi/c1-14(2,3)17(4,5)16-9-8-11-10-12(15)6-7-13(11)16/h6-10H,1-5H3. The molecule has 0 spiro atoms. The lowest BCUT2D eigenvalue weighted by Crippen LogP contribution is -2.44. The summed E-state index contributed by atoms with van der Waals surface area (Å²) in [5.41, 5.74) is 1.36. The minimum atomic E-state index is -1.51. The SMILES string of the molecule is CC(C)(C)[Si](C)(C)n1ccc2cc(Br)ccc21. The van der Waals surface area contributed by atoms with Gasteiger partial charge in [-0.15, -0.1) is 0 Å². The van der Waals surface area contributed by atoms with Gasteiger partial charge in [0.1, 0.15) is 0 Å². The first-order chi connectivity index (χ1) is 7.73. The minimum Gasteiger partial charge on any atom is -0.374 e. The number of rotatable bonds is 1. The molecule has 92 valence electrons. The highest BCUT2D eigenvalue weighted by atomic mass is 79.9. The van der Waals surface area contributed by atoms with E-state index in [0.717, 1.165) is 4.47 Å². The molecule has 0 amide bonds. The molecule has 0 aliphatic heterocycles. The second kappa shape index (κ2) is 3.99. The Labute approximate surface area is 113 Å². The van der Waals surface area contributed by atoms with Crippen molar-refractivity contribution >= 4 is 35.1 Å². The molecule has 2 aromatic rings. The Hall–Kier alpha value is -0.543. The zero-order valence-electron chi connectivity index (χ0n) is 11.2. The third-order valence-corrected chi connectivity index (χ3v) is 9.85. The topological polar surface area (TPSA) is 4.93 Å². The predicted molar refractivity (Wildman–Crippen MR) is 82.2 cm³/mol. The van der Waals surface area contributed by atoms with E-state index in [1.807, 2.05) is 0 Å². The molecule has 0 radical (unpaired) electrons. The first kappa shape index (κ1) is 12.9. The molecule has 0 atom stereocenters. The van der Waals surface area contributed by atoms with Crippen LogP contribution in [-0.4, -0.2) is 12.5 Å². The Morgan fingerprint density at radius 1 is 1.12 bits per heavy atom. The minimum absolute atomic E-state index is 0.353. The summed E-state index contributed by atoms with van der Waals surface area (Å²) in [5.74, 6) is 0. The van der Waals surface area contributed by atoms with E-state index < -0.39 is 8.24 Å². The van der Waals surface area contributed by atoms with Crippen LogP contribution in [0, 0.1) is 0 Å². The van der Waals surface area contributed by atoms with Crippen molar-refractivity contribution in [2.45, 2.75) is 38.9 Å². The molecule has 3 heteroatoms. The molecule has 0 fully saturated rings. The number of halogens is 1. The molecule has 0 N–H and O–H groups in total. The van der Waals surface area contributed by atoms with Gasteiger partial charge in [-0.25, -0.2) is 0 Å². The van der Waals surface area contributed by atoms with E-state index in [1.54, 1.807) is 0 Å². The van der Waals surface area contributed by atoms with Crippen LogP contribution in [0.4, 0.5) is 0 Å². The molecule has 0 bridgehead atoms. The number of nitrogens with zero attached hydrogens (tertiary/aromatic N) is 1. The molecular formula is C14H20BrNSi. The quantitative estimate of drug-likeness (QED) is 0.633. The molecule has 0 saturated heterocycles. The summed E-state index contributed by atoms with van der Waals surface area (Å²) in [6.07, 6.45) is 2.26. The first-order valence-corrected chi connectivity index (χ1v) is 9.74. The lowest BCUT2D eigenvalue weighted by Gasteiger charge is -2.38. The maximum atomic E-state index is 3.53. The average molecular weight is 310 g/mol. The summed E-state index contributed by atoms with van der Waals surface area (Å²) < 4.78 is 3.67. The van der Waals surface area contributed by atoms with Gasteiger partial charge in [0.25, 0.3) is 0 Å². The fourth-order valence-corrected chi connectivity index (χ4v) is 4.32. The normalized spacial score (nSPS) is 13.3. The number of fused-ring (bicyclic) bond motifs is 1. The maximum absolute atomic E-state index is 3.53. The maximum Gasteiger partial charge on any atom is 0.161 e. The van der Waals surface area contributed by atoms with E-state index in [4.69, 9.17) is 0 Å². The van der Waals surface area contributed by atoms with Gasteiger partial charge < -0.3 is 4.23 Å². The second-order valence-corrected chi connectivity index (χ2v) is 12.2. The molecule has 2 rings (SSSR count). The molecule has 1 aromatic heterocycles. The lowest BCUT2D eigenvalue weighted by atomic mass is 10.2. The highest BCUT2D eigenvalue weighted by Crippen LogP contribution is 2.39. The van der Waals surface area contributed by atoms with Crippen molar-refractivity contribution in [2.75, 3.05) is 0 Å². The van der Waals surface area contributed by atoms with Gasteiger partial charge in [-0.05, 0) is 40.9 Å². The highest BCUT2D eigenvalue weighted by Gasteiger charge is 2.37. The van der Waals surface area contributed by atoms with Gasteiger partial charge in [0, 0.05) is 9.99 Å². The number of hydrogen-bond acceptors (Lipinski definition) is 0. The van der Waals surface area contributed by atoms with Gasteiger partial charge >= 0.3 is 0 Å². The molecule has 0 aliphatic carbocycles. The Bertz CT molecular complexity index is 549. The molecule has 17 heavy (non-hydrogen) atoms. The van der Waals surface area contributed by atoms with Crippen molar-refractivity contribution in [3.8, 4) is 0 Å². The van der Waals surface area contributed by atoms with Gasteiger partial charge in [-0.3, -0.25) is 0 Å². The third kappa shape index (κ3) is 2.11. The van der Waals surface area contributed by atoms with Crippen molar-refractivity contribution in [3.63, 3.8) is 0 Å². The molecular weight excluding hydrogens is 290 g/mol. The van der Waals surface area contributed by atoms with Crippen molar-refractivity contribution in [1.29, 1.82) is 0 Å². The fraction of sp³-hybridized carbons (Fsp3) is 0.429. The zero-order chi connectivity index (χ0) is 12.8. The van der Waals surface area contributed by atoms with Gasteiger partial charge in [0.05, 0.1) is 0 Å². The molecule has 0 saturated carbocycles. The van der Waals surface area contributed by atoms with E-state index in [-0.39, 0.29) is 0 Å². The largest absolute Gasteiger partial charge is 0.374 e. The van der Waals surface area contributed by atoms with E-state index in [0.29, 0.717) is 5.04 Å². The Morgan fingerprint density at radius 2 is 1.76 bits per heavy atom. The van der Waals surface area contributed by atoms with E-state index in [9.17, 15) is 0 Å². The number of benzene rings is 1. The lowest BCUT2D eigenvalue weighted by molar-refractivity contribution is 0.703. The van der Waals surface area contributed by atoms with Crippen molar-refractivity contribution in [1.82, 2.24) is 4.23 Å². The summed E-state index contributed by atoms with van der Waals surface area (Å²) >= 11 is 3.53. The van der Waals surface area contributed by atoms with Gasteiger partial charge in [-0.1, -0.05) is 49.8 Å². The van der Waals surface area contributed by atoms with E-state index >= 15 is 0 Å². The molecule has 1 heterocycles. The number of aromatic nitrogens is 1. The van der Waals surface area contributed by atoms with Crippen LogP contribution >= 0.6 is 15.9 Å². The smallest absolute Gasteiger partial charge is 0.161 e. The van der Waals surface area contributed by atoms with Crippen LogP contribution in [0.1, 0.15) is 20.8 Å². The first-order valence-electron chi connectivity index (χ1n) is 6.00. The van der Waals surface area contributed by atoms with Crippen LogP contribution in [0.25, 0.3) is 10.9 Å². The molecule has 1 nitrogen and oxygen atoms in total. The van der Waals surface area contributed by atoms with Crippen LogP contribution < -0.4 is 0 Å². The van der Waals surface area contributed by atoms with Crippen LogP contribution in [-0.2, 0) is 0 Å². The Morgan fingerprint density at radius 3 is 2.35 bits per heavy atom. The molecule has 1 aromatic carbocycles. The van der Waals surface area contributed by atoms with Gasteiger partial charge in [0.15, 0.2) is 8.24 Å². The monoisotopic (exact) mass is 309 g/mol. The highest BCUT2D eigenvalue weighted by molar-refractivity contribution is 9.10. The van der Waals surface area contributed by atoms with Crippen LogP contribution in [0.15, 0.2) is 34.9 Å². The Balaban J connectivity index is 2.65. The van der Waals surface area contributed by atoms with Crippen molar-refractivity contribution in [2.24, 2.45) is 0 Å². The fourth-order valence-electron chi connectivity index (χ4n) is 1.96. The average Bonchev–Trinajstić information content (AvgIpc) is 2.58. The summed E-state index contributed by atoms with van der Waals surface area (Å²) in [4.78, 5) is 0. The van der Waals surface area contributed by atoms with Crippen LogP contribution in [0.5, 0.6) is 0 Å². The molecule has 0 aliphatic rings. The summed E-state index contributed by atoms with van der Waals surface area (Å²) in [5, 5.41) is 1.68. The van der Waals surface area contributed by atoms with Crippen molar-refractivity contribution < 1.29 is 0 Å². The van der Waals surface area contributed by atoms with Crippen LogP contribution in [0.2, 0.25) is 18.1 Å². The van der Waals surface area contributed by atoms with E-state index in [1.165, 1.54) is 10.9 Å². The number of hydrogen-bond donors (Lipinski definition) is 0. The van der Waals surface area contributed by atoms with E-state index in [2.05, 4.69) is 84.5 Å². The molecule has 0 unspecified atom stereocenters. The van der Waals surface area contributed by atoms with Gasteiger partial charge in [-0.2, -0.15) is 0 Å². The Kier molecular flexibility index (Phi) is 3.03. The summed E-state index contributed by atoms with van der Waals surface area (Å²) in [7, 11) is -1.51. The zero-order valence-corrected chi connectivity index (χ0v) is 13.8. The second-order valence-electron chi connectivity index (χ2n) is 6.20. The summed E-state index contributed by atoms with van der Waals surface area (Å²) in [6, 6.07) is 8.77. The predicted octanol–water partition coefficient (Wildman–Crippen LogP) is 5.26. The van der Waals surface area contributed by atoms with Crippen LogP contribution in [0.3, 0.4) is 0 Å². The third-order valence-electron chi connectivity index (χ3n) is 4.09. The van der Waals surface area contributed by atoms with Gasteiger partial charge in [0.2, 0.25) is 0 Å². The summed E-state index contributed by atoms with van der Waals surface area (Å²) in [6.45, 7) is 11.9. The van der Waals surface area contributed by atoms with Crippen molar-refractivity contribution in [3.05, 3.63) is 34.9 Å².